The molecule has 3 rings (SSSR count). The molecular weight excluding hydrogens is 411 g/mol. The molecule has 2 aromatic carbocycles. The Morgan fingerprint density at radius 3 is 2.48 bits per heavy atom. The van der Waals surface area contributed by atoms with E-state index in [9.17, 15) is 17.6 Å². The van der Waals surface area contributed by atoms with E-state index in [1.807, 2.05) is 6.92 Å². The van der Waals surface area contributed by atoms with Gasteiger partial charge in [-0.15, -0.1) is 11.0 Å². The smallest absolute Gasteiger partial charge is 0.282 e. The molecule has 1 amide bonds. The van der Waals surface area contributed by atoms with Gasteiger partial charge in [-0.25, -0.2) is 4.39 Å². The summed E-state index contributed by atoms with van der Waals surface area (Å²) < 4.78 is 43.3. The van der Waals surface area contributed by atoms with Crippen molar-refractivity contribution in [2.24, 2.45) is 4.40 Å². The van der Waals surface area contributed by atoms with E-state index in [4.69, 9.17) is 0 Å². The fourth-order valence-corrected chi connectivity index (χ4v) is 4.83. The Morgan fingerprint density at radius 1 is 1.17 bits per heavy atom. The number of aryl methyl sites for hydroxylation is 1. The van der Waals surface area contributed by atoms with Crippen LogP contribution in [0.15, 0.2) is 75.4 Å². The summed E-state index contributed by atoms with van der Waals surface area (Å²) in [5, 5.41) is 0.0112. The Kier molecular flexibility index (Phi) is 6.34. The number of carbonyl (C=O) groups is 1. The van der Waals surface area contributed by atoms with Crippen molar-refractivity contribution >= 4 is 38.9 Å². The van der Waals surface area contributed by atoms with Gasteiger partial charge in [-0.05, 0) is 48.0 Å². The molecule has 0 saturated carbocycles. The maximum absolute atomic E-state index is 13.9. The van der Waals surface area contributed by atoms with Crippen LogP contribution in [-0.2, 0) is 21.2 Å². The number of nitrogens with zero attached hydrogens (tertiary/aromatic N) is 2. The average molecular weight is 431 g/mol. The van der Waals surface area contributed by atoms with Crippen molar-refractivity contribution in [3.05, 3.63) is 83.0 Å². The Morgan fingerprint density at radius 2 is 1.86 bits per heavy atom. The zero-order chi connectivity index (χ0) is 21.0. The van der Waals surface area contributed by atoms with Crippen molar-refractivity contribution in [2.75, 3.05) is 6.54 Å². The molecule has 2 aromatic rings. The Bertz CT molecular complexity index is 1110. The Labute approximate surface area is 173 Å². The molecule has 29 heavy (non-hydrogen) atoms. The van der Waals surface area contributed by atoms with Crippen molar-refractivity contribution in [3.8, 4) is 0 Å². The van der Waals surface area contributed by atoms with E-state index < -0.39 is 21.7 Å². The minimum absolute atomic E-state index is 0.0112. The maximum Gasteiger partial charge on any atom is 0.284 e. The lowest BCUT2D eigenvalue weighted by molar-refractivity contribution is -0.121. The fourth-order valence-electron chi connectivity index (χ4n) is 2.65. The standard InChI is InChI=1S/C21H19FN2O3S2/c1-3-13-24-20(25)19(14-16-7-5-6-8-18(16)22)28-21(24)23-29(26,27)17-11-9-15(4-2)10-12-17/h3,5-12,14H,1,4,13H2,2H3/b19-14-,23-21?. The third kappa shape index (κ3) is 4.65. The number of rotatable bonds is 6. The van der Waals surface area contributed by atoms with E-state index in [2.05, 4.69) is 11.0 Å². The molecule has 0 unspecified atom stereocenters. The third-order valence-corrected chi connectivity index (χ3v) is 6.62. The number of thioether (sulfide) groups is 1. The highest BCUT2D eigenvalue weighted by atomic mass is 32.2. The normalized spacial score (nSPS) is 17.3. The van der Waals surface area contributed by atoms with E-state index in [0.717, 1.165) is 23.7 Å². The number of sulfonamides is 1. The van der Waals surface area contributed by atoms with Crippen molar-refractivity contribution in [1.82, 2.24) is 4.90 Å². The van der Waals surface area contributed by atoms with Crippen LogP contribution in [0.2, 0.25) is 0 Å². The van der Waals surface area contributed by atoms with Crippen molar-refractivity contribution in [2.45, 2.75) is 18.2 Å². The molecule has 150 valence electrons. The highest BCUT2D eigenvalue weighted by molar-refractivity contribution is 8.19. The zero-order valence-corrected chi connectivity index (χ0v) is 17.3. The molecule has 1 aliphatic heterocycles. The number of hydrogen-bond donors (Lipinski definition) is 0. The minimum Gasteiger partial charge on any atom is -0.282 e. The van der Waals surface area contributed by atoms with Gasteiger partial charge in [0, 0.05) is 12.1 Å². The van der Waals surface area contributed by atoms with Gasteiger partial charge in [0.25, 0.3) is 15.9 Å². The van der Waals surface area contributed by atoms with Crippen LogP contribution in [0.5, 0.6) is 0 Å². The molecule has 1 heterocycles. The highest BCUT2D eigenvalue weighted by Gasteiger charge is 2.34. The number of hydrogen-bond acceptors (Lipinski definition) is 4. The van der Waals surface area contributed by atoms with Gasteiger partial charge in [-0.3, -0.25) is 9.69 Å². The second-order valence-corrected chi connectivity index (χ2v) is 8.80. The number of amides is 1. The molecule has 0 aliphatic carbocycles. The average Bonchev–Trinajstić information content (AvgIpc) is 2.98. The van der Waals surface area contributed by atoms with E-state index in [0.29, 0.717) is 0 Å². The van der Waals surface area contributed by atoms with Crippen molar-refractivity contribution in [3.63, 3.8) is 0 Å². The summed E-state index contributed by atoms with van der Waals surface area (Å²) in [7, 11) is -4.01. The lowest BCUT2D eigenvalue weighted by Crippen LogP contribution is -2.29. The van der Waals surface area contributed by atoms with E-state index >= 15 is 0 Å². The molecule has 0 spiro atoms. The first-order valence-corrected chi connectivity index (χ1v) is 11.1. The third-order valence-electron chi connectivity index (χ3n) is 4.22. The number of carbonyl (C=O) groups excluding carboxylic acids is 1. The molecule has 0 aromatic heterocycles. The molecule has 1 saturated heterocycles. The predicted octanol–water partition coefficient (Wildman–Crippen LogP) is 4.24. The molecule has 0 atom stereocenters. The maximum atomic E-state index is 13.9. The SMILES string of the molecule is C=CCN1C(=O)/C(=C/c2ccccc2F)SC1=NS(=O)(=O)c1ccc(CC)cc1. The summed E-state index contributed by atoms with van der Waals surface area (Å²) in [4.78, 5) is 14.2. The van der Waals surface area contributed by atoms with E-state index in [1.54, 1.807) is 24.3 Å². The molecule has 0 radical (unpaired) electrons. The summed E-state index contributed by atoms with van der Waals surface area (Å²) in [6.45, 7) is 5.66. The molecule has 0 bridgehead atoms. The van der Waals surface area contributed by atoms with Crippen LogP contribution in [-0.4, -0.2) is 30.9 Å². The molecule has 8 heteroatoms. The van der Waals surface area contributed by atoms with Crippen molar-refractivity contribution < 1.29 is 17.6 Å². The Balaban J connectivity index is 1.99. The first kappa shape index (κ1) is 21.0. The molecule has 0 N–H and O–H groups in total. The van der Waals surface area contributed by atoms with Gasteiger partial charge in [-0.1, -0.05) is 43.3 Å². The second kappa shape index (κ2) is 8.75. The fraction of sp³-hybridized carbons (Fsp3) is 0.143. The number of amidine groups is 1. The van der Waals surface area contributed by atoms with Crippen LogP contribution in [0.1, 0.15) is 18.1 Å². The summed E-state index contributed by atoms with van der Waals surface area (Å²) in [5.74, 6) is -0.925. The predicted molar refractivity (Wildman–Crippen MR) is 114 cm³/mol. The molecule has 1 aliphatic rings. The van der Waals surface area contributed by atoms with Gasteiger partial charge in [0.05, 0.1) is 9.80 Å². The summed E-state index contributed by atoms with van der Waals surface area (Å²) >= 11 is 0.893. The van der Waals surface area contributed by atoms with Crippen LogP contribution >= 0.6 is 11.8 Å². The number of benzene rings is 2. The molecule has 1 fully saturated rings. The second-order valence-electron chi connectivity index (χ2n) is 6.18. The first-order chi connectivity index (χ1) is 13.9. The van der Waals surface area contributed by atoms with E-state index in [-0.39, 0.29) is 27.1 Å². The summed E-state index contributed by atoms with van der Waals surface area (Å²) in [6, 6.07) is 12.5. The van der Waals surface area contributed by atoms with Gasteiger partial charge >= 0.3 is 0 Å². The lowest BCUT2D eigenvalue weighted by atomic mass is 10.2. The van der Waals surface area contributed by atoms with Gasteiger partial charge in [0.1, 0.15) is 5.82 Å². The summed E-state index contributed by atoms with van der Waals surface area (Å²) in [5.41, 5.74) is 1.24. The van der Waals surface area contributed by atoms with Crippen LogP contribution in [0.25, 0.3) is 6.08 Å². The Hall–Kier alpha value is -2.71. The van der Waals surface area contributed by atoms with Crippen LogP contribution in [0, 0.1) is 5.82 Å². The van der Waals surface area contributed by atoms with Gasteiger partial charge in [-0.2, -0.15) is 8.42 Å². The number of halogens is 1. The monoisotopic (exact) mass is 430 g/mol. The first-order valence-electron chi connectivity index (χ1n) is 8.86. The van der Waals surface area contributed by atoms with Gasteiger partial charge in [0.15, 0.2) is 5.17 Å². The lowest BCUT2D eigenvalue weighted by Gasteiger charge is -2.12. The van der Waals surface area contributed by atoms with Crippen LogP contribution in [0.3, 0.4) is 0 Å². The van der Waals surface area contributed by atoms with E-state index in [1.165, 1.54) is 41.3 Å². The van der Waals surface area contributed by atoms with Crippen LogP contribution < -0.4 is 0 Å². The highest BCUT2D eigenvalue weighted by Crippen LogP contribution is 2.34. The quantitative estimate of drug-likeness (QED) is 0.508. The van der Waals surface area contributed by atoms with Gasteiger partial charge in [0.2, 0.25) is 0 Å². The zero-order valence-electron chi connectivity index (χ0n) is 15.7. The van der Waals surface area contributed by atoms with Crippen molar-refractivity contribution in [1.29, 1.82) is 0 Å². The van der Waals surface area contributed by atoms with Gasteiger partial charge < -0.3 is 0 Å². The topological polar surface area (TPSA) is 66.8 Å². The largest absolute Gasteiger partial charge is 0.284 e. The molecular formula is C21H19FN2O3S2. The summed E-state index contributed by atoms with van der Waals surface area (Å²) in [6.07, 6.45) is 3.66. The van der Waals surface area contributed by atoms with Crippen LogP contribution in [0.4, 0.5) is 4.39 Å². The molecule has 5 nitrogen and oxygen atoms in total. The minimum atomic E-state index is -4.01.